The molecule has 0 unspecified atom stereocenters. The van der Waals surface area contributed by atoms with Crippen LogP contribution in [0.15, 0.2) is 97.2 Å². The van der Waals surface area contributed by atoms with Gasteiger partial charge in [-0.05, 0) is 49.1 Å². The van der Waals surface area contributed by atoms with Crippen molar-refractivity contribution in [2.75, 3.05) is 0 Å². The number of benzene rings is 3. The van der Waals surface area contributed by atoms with E-state index in [1.165, 1.54) is 11.3 Å². The summed E-state index contributed by atoms with van der Waals surface area (Å²) < 4.78 is 1.86. The van der Waals surface area contributed by atoms with Crippen molar-refractivity contribution >= 4 is 28.5 Å². The van der Waals surface area contributed by atoms with E-state index in [2.05, 4.69) is 24.3 Å². The van der Waals surface area contributed by atoms with Gasteiger partial charge in [-0.1, -0.05) is 73.2 Å². The molecule has 8 nitrogen and oxygen atoms in total. The fourth-order valence-corrected chi connectivity index (χ4v) is 7.73. The number of rotatable bonds is 5. The highest BCUT2D eigenvalue weighted by Crippen LogP contribution is 2.54. The first-order chi connectivity index (χ1) is 22.3. The van der Waals surface area contributed by atoms with E-state index in [1.54, 1.807) is 31.2 Å². The molecule has 1 N–H and O–H groups in total. The highest BCUT2D eigenvalue weighted by Gasteiger charge is 2.60. The molecule has 0 bridgehead atoms. The summed E-state index contributed by atoms with van der Waals surface area (Å²) in [6, 6.07) is 29.3. The van der Waals surface area contributed by atoms with Crippen LogP contribution in [0.5, 0.6) is 0 Å². The number of aromatic nitrogens is 4. The Kier molecular flexibility index (Phi) is 5.69. The topological polar surface area (TPSA) is 101 Å². The van der Waals surface area contributed by atoms with E-state index in [-0.39, 0.29) is 24.7 Å². The Bertz CT molecular complexity index is 2170. The largest absolute Gasteiger partial charge is 0.390 e. The predicted molar refractivity (Wildman–Crippen MR) is 174 cm³/mol. The summed E-state index contributed by atoms with van der Waals surface area (Å²) in [5.41, 5.74) is 5.98. The molecule has 4 heterocycles. The van der Waals surface area contributed by atoms with E-state index in [1.807, 2.05) is 53.2 Å². The van der Waals surface area contributed by atoms with Crippen molar-refractivity contribution < 1.29 is 14.7 Å². The van der Waals surface area contributed by atoms with Gasteiger partial charge in [-0.2, -0.15) is 9.61 Å². The first kappa shape index (κ1) is 27.1. The fraction of sp³-hybridized carbons (Fsp3) is 0.237. The van der Waals surface area contributed by atoms with E-state index in [9.17, 15) is 14.7 Å². The number of fused-ring (bicyclic) bond motifs is 4. The molecule has 3 aromatic carbocycles. The molecule has 9 rings (SSSR count). The quantitative estimate of drug-likeness (QED) is 0.214. The van der Waals surface area contributed by atoms with Crippen LogP contribution in [-0.4, -0.2) is 47.0 Å². The van der Waals surface area contributed by atoms with Crippen molar-refractivity contribution in [1.29, 1.82) is 0 Å². The normalized spacial score (nSPS) is 22.7. The maximum absolute atomic E-state index is 13.6. The fourth-order valence-electron chi connectivity index (χ4n) is 7.73. The third-order valence-electron chi connectivity index (χ3n) is 10.1. The van der Waals surface area contributed by atoms with Gasteiger partial charge in [-0.25, -0.2) is 9.97 Å². The summed E-state index contributed by atoms with van der Waals surface area (Å²) in [6.45, 7) is 1.75. The van der Waals surface area contributed by atoms with Crippen LogP contribution in [-0.2, 0) is 5.54 Å². The zero-order valence-corrected chi connectivity index (χ0v) is 25.4. The zero-order chi connectivity index (χ0) is 31.2. The van der Waals surface area contributed by atoms with E-state index in [0.29, 0.717) is 17.0 Å². The van der Waals surface area contributed by atoms with Crippen LogP contribution in [0.2, 0.25) is 0 Å². The van der Waals surface area contributed by atoms with E-state index >= 15 is 0 Å². The van der Waals surface area contributed by atoms with Gasteiger partial charge in [0.25, 0.3) is 11.8 Å². The van der Waals surface area contributed by atoms with Crippen LogP contribution in [0.4, 0.5) is 0 Å². The average Bonchev–Trinajstić information content (AvgIpc) is 3.57. The van der Waals surface area contributed by atoms with Crippen molar-refractivity contribution in [3.63, 3.8) is 0 Å². The molecule has 1 aliphatic heterocycles. The first-order valence-electron chi connectivity index (χ1n) is 15.9. The second-order valence-corrected chi connectivity index (χ2v) is 13.3. The van der Waals surface area contributed by atoms with E-state index < -0.39 is 11.1 Å². The van der Waals surface area contributed by atoms with Gasteiger partial charge in [0.1, 0.15) is 0 Å². The van der Waals surface area contributed by atoms with Crippen molar-refractivity contribution in [3.05, 3.63) is 120 Å². The lowest BCUT2D eigenvalue weighted by Crippen LogP contribution is -2.63. The van der Waals surface area contributed by atoms with E-state index in [0.717, 1.165) is 63.2 Å². The molecule has 2 aliphatic carbocycles. The van der Waals surface area contributed by atoms with Crippen LogP contribution >= 0.6 is 0 Å². The monoisotopic (exact) mass is 605 g/mol. The van der Waals surface area contributed by atoms with Crippen molar-refractivity contribution in [2.45, 2.75) is 56.1 Å². The molecule has 8 heteroatoms. The molecule has 2 amide bonds. The molecule has 6 aromatic rings. The molecule has 0 spiro atoms. The molecule has 0 saturated heterocycles. The number of amides is 2. The Morgan fingerprint density at radius 2 is 1.48 bits per heavy atom. The number of hydrogen-bond donors (Lipinski definition) is 1. The first-order valence-corrected chi connectivity index (χ1v) is 15.9. The number of aliphatic hydroxyl groups is 1. The molecule has 2 fully saturated rings. The van der Waals surface area contributed by atoms with Crippen molar-refractivity contribution in [2.24, 2.45) is 0 Å². The van der Waals surface area contributed by atoms with Crippen LogP contribution in [0, 0.1) is 0 Å². The van der Waals surface area contributed by atoms with Gasteiger partial charge in [-0.15, -0.1) is 0 Å². The number of carbonyl (C=O) groups excluding carboxylic acids is 2. The van der Waals surface area contributed by atoms with Gasteiger partial charge >= 0.3 is 0 Å². The average molecular weight is 606 g/mol. The molecule has 3 aliphatic rings. The van der Waals surface area contributed by atoms with Gasteiger partial charge in [0.15, 0.2) is 11.3 Å². The van der Waals surface area contributed by atoms with Crippen LogP contribution < -0.4 is 0 Å². The summed E-state index contributed by atoms with van der Waals surface area (Å²) in [5, 5.41) is 16.8. The molecule has 0 atom stereocenters. The van der Waals surface area contributed by atoms with Crippen LogP contribution in [0.25, 0.3) is 39.1 Å². The molecule has 46 heavy (non-hydrogen) atoms. The highest BCUT2D eigenvalue weighted by atomic mass is 16.3. The number of pyridine rings is 1. The number of hydrogen-bond acceptors (Lipinski definition) is 6. The maximum Gasteiger partial charge on any atom is 0.262 e. The Morgan fingerprint density at radius 3 is 2.11 bits per heavy atom. The molecule has 2 saturated carbocycles. The Labute approximate surface area is 265 Å². The number of carbonyl (C=O) groups is 2. The minimum atomic E-state index is -0.990. The second-order valence-electron chi connectivity index (χ2n) is 13.3. The summed E-state index contributed by atoms with van der Waals surface area (Å²) in [4.78, 5) is 38.6. The minimum Gasteiger partial charge on any atom is -0.390 e. The lowest BCUT2D eigenvalue weighted by Gasteiger charge is -2.55. The Morgan fingerprint density at radius 1 is 0.804 bits per heavy atom. The van der Waals surface area contributed by atoms with Gasteiger partial charge < -0.3 is 5.11 Å². The Hall–Kier alpha value is -5.21. The molecule has 226 valence electrons. The lowest BCUT2D eigenvalue weighted by atomic mass is 9.61. The van der Waals surface area contributed by atoms with Gasteiger partial charge in [0, 0.05) is 47.5 Å². The Balaban J connectivity index is 1.17. The predicted octanol–water partition coefficient (Wildman–Crippen LogP) is 6.92. The molecule has 3 aromatic heterocycles. The summed E-state index contributed by atoms with van der Waals surface area (Å²) >= 11 is 0. The second kappa shape index (κ2) is 9.64. The third kappa shape index (κ3) is 3.93. The minimum absolute atomic E-state index is 0.266. The summed E-state index contributed by atoms with van der Waals surface area (Å²) in [5.74, 6) is -0.157. The van der Waals surface area contributed by atoms with Crippen molar-refractivity contribution in [3.8, 4) is 22.4 Å². The summed E-state index contributed by atoms with van der Waals surface area (Å²) in [6.07, 6.45) is 5.95. The number of imide groups is 1. The van der Waals surface area contributed by atoms with Crippen molar-refractivity contribution in [1.82, 2.24) is 24.5 Å². The van der Waals surface area contributed by atoms with Gasteiger partial charge in [0.2, 0.25) is 0 Å². The molecular weight excluding hydrogens is 574 g/mol. The molecule has 0 radical (unpaired) electrons. The standard InChI is InChI=1S/C38H31N5O3/c1-37(46)21-38(22-37,42-35(44)28-12-5-6-13-29(28)36(42)45)27-16-14-25(15-17-27)33-30(23-8-3-2-4-9-23)18-26-20-39-32-19-31(24-10-7-11-24)41-43(32)34(26)40-33/h2-6,8-9,12-20,24,46H,7,10-11,21-22H2,1H3. The molecular formula is C38H31N5O3. The van der Waals surface area contributed by atoms with Crippen LogP contribution in [0.1, 0.15) is 76.9 Å². The highest BCUT2D eigenvalue weighted by molar-refractivity contribution is 6.22. The SMILES string of the molecule is CC1(O)CC(c2ccc(-c3nc4c(cnc5cc(C6CCC6)nn54)cc3-c3ccccc3)cc2)(N2C(=O)c3ccccc3C2=O)C1. The summed E-state index contributed by atoms with van der Waals surface area (Å²) in [7, 11) is 0. The third-order valence-corrected chi connectivity index (χ3v) is 10.1. The lowest BCUT2D eigenvalue weighted by molar-refractivity contribution is -0.118. The van der Waals surface area contributed by atoms with Crippen LogP contribution in [0.3, 0.4) is 0 Å². The smallest absolute Gasteiger partial charge is 0.262 e. The number of nitrogens with zero attached hydrogens (tertiary/aromatic N) is 5. The zero-order valence-electron chi connectivity index (χ0n) is 25.4. The van der Waals surface area contributed by atoms with E-state index in [4.69, 9.17) is 15.1 Å². The van der Waals surface area contributed by atoms with Gasteiger partial charge in [-0.3, -0.25) is 14.5 Å². The van der Waals surface area contributed by atoms with Gasteiger partial charge in [0.05, 0.1) is 33.7 Å². The maximum atomic E-state index is 13.6.